The first kappa shape index (κ1) is 17.2. The van der Waals surface area contributed by atoms with E-state index in [-0.39, 0.29) is 0 Å². The van der Waals surface area contributed by atoms with Gasteiger partial charge in [0.05, 0.1) is 0 Å². The number of nitrogens with one attached hydrogen (secondary N) is 1. The quantitative estimate of drug-likeness (QED) is 0.625. The van der Waals surface area contributed by atoms with Crippen LogP contribution in [0.3, 0.4) is 0 Å². The van der Waals surface area contributed by atoms with E-state index in [0.717, 1.165) is 12.5 Å². The summed E-state index contributed by atoms with van der Waals surface area (Å²) in [5.41, 5.74) is 2.95. The van der Waals surface area contributed by atoms with Crippen LogP contribution in [0.1, 0.15) is 64.0 Å². The highest BCUT2D eigenvalue weighted by molar-refractivity contribution is 5.26. The largest absolute Gasteiger partial charge is 0.313 e. The summed E-state index contributed by atoms with van der Waals surface area (Å²) in [4.78, 5) is 0. The highest BCUT2D eigenvalue weighted by atomic mass is 14.9. The molecule has 1 nitrogen and oxygen atoms in total. The predicted molar refractivity (Wildman–Crippen MR) is 90.3 cm³/mol. The summed E-state index contributed by atoms with van der Waals surface area (Å²) in [5, 5.41) is 3.81. The number of benzene rings is 1. The molecule has 0 bridgehead atoms. The van der Waals surface area contributed by atoms with Crippen LogP contribution in [0.15, 0.2) is 24.3 Å². The van der Waals surface area contributed by atoms with E-state index in [1.54, 1.807) is 0 Å². The molecule has 1 atom stereocenters. The van der Waals surface area contributed by atoms with Crippen LogP contribution in [0.4, 0.5) is 0 Å². The molecule has 0 aliphatic carbocycles. The van der Waals surface area contributed by atoms with Crippen LogP contribution in [0.5, 0.6) is 0 Å². The Morgan fingerprint density at radius 2 is 1.60 bits per heavy atom. The zero-order chi connectivity index (χ0) is 14.8. The highest BCUT2D eigenvalue weighted by Crippen LogP contribution is 2.22. The van der Waals surface area contributed by atoms with Crippen molar-refractivity contribution in [3.8, 4) is 0 Å². The maximum absolute atomic E-state index is 3.81. The lowest BCUT2D eigenvalue weighted by molar-refractivity contribution is 0.308. The lowest BCUT2D eigenvalue weighted by Crippen LogP contribution is -2.38. The summed E-state index contributed by atoms with van der Waals surface area (Å²) in [6.07, 6.45) is 7.68. The molecule has 1 heteroatoms. The van der Waals surface area contributed by atoms with Crippen LogP contribution in [0.2, 0.25) is 0 Å². The minimum absolute atomic E-state index is 0.635. The van der Waals surface area contributed by atoms with E-state index in [2.05, 4.69) is 57.3 Å². The van der Waals surface area contributed by atoms with E-state index in [1.807, 2.05) is 0 Å². The van der Waals surface area contributed by atoms with Gasteiger partial charge in [0.25, 0.3) is 0 Å². The number of rotatable bonds is 10. The van der Waals surface area contributed by atoms with Gasteiger partial charge in [-0.25, -0.2) is 0 Å². The van der Waals surface area contributed by atoms with Crippen molar-refractivity contribution in [2.45, 2.75) is 72.3 Å². The van der Waals surface area contributed by atoms with Gasteiger partial charge in [0.1, 0.15) is 0 Å². The van der Waals surface area contributed by atoms with Crippen molar-refractivity contribution in [2.24, 2.45) is 5.92 Å². The maximum Gasteiger partial charge on any atom is 0.0136 e. The molecule has 0 saturated heterocycles. The Labute approximate surface area is 126 Å². The Morgan fingerprint density at radius 3 is 2.15 bits per heavy atom. The van der Waals surface area contributed by atoms with E-state index in [9.17, 15) is 0 Å². The van der Waals surface area contributed by atoms with Gasteiger partial charge in [0.15, 0.2) is 0 Å². The van der Waals surface area contributed by atoms with Crippen molar-refractivity contribution in [3.63, 3.8) is 0 Å². The molecule has 1 unspecified atom stereocenters. The molecule has 0 heterocycles. The Balaban J connectivity index is 2.78. The first-order chi connectivity index (χ1) is 9.72. The van der Waals surface area contributed by atoms with E-state index in [4.69, 9.17) is 0 Å². The van der Waals surface area contributed by atoms with E-state index in [0.29, 0.717) is 6.04 Å². The van der Waals surface area contributed by atoms with E-state index < -0.39 is 0 Å². The Bertz CT molecular complexity index is 353. The van der Waals surface area contributed by atoms with Gasteiger partial charge >= 0.3 is 0 Å². The highest BCUT2D eigenvalue weighted by Gasteiger charge is 2.20. The summed E-state index contributed by atoms with van der Waals surface area (Å²) in [5.74, 6) is 0.816. The molecule has 0 amide bonds. The topological polar surface area (TPSA) is 12.0 Å². The van der Waals surface area contributed by atoms with Gasteiger partial charge in [-0.1, -0.05) is 57.9 Å². The molecule has 0 aromatic heterocycles. The third-order valence-electron chi connectivity index (χ3n) is 4.25. The van der Waals surface area contributed by atoms with Gasteiger partial charge in [0.2, 0.25) is 0 Å². The normalized spacial score (nSPS) is 12.8. The SMILES string of the molecule is CCCNC(Cc1ccccc1C)C(CCC)CCC. The third-order valence-corrected chi connectivity index (χ3v) is 4.25. The molecule has 1 aromatic rings. The van der Waals surface area contributed by atoms with Gasteiger partial charge < -0.3 is 5.32 Å². The zero-order valence-electron chi connectivity index (χ0n) is 13.9. The van der Waals surface area contributed by atoms with Crippen LogP contribution in [0, 0.1) is 12.8 Å². The average Bonchev–Trinajstić information content (AvgIpc) is 2.45. The maximum atomic E-state index is 3.81. The van der Waals surface area contributed by atoms with Crippen molar-refractivity contribution >= 4 is 0 Å². The van der Waals surface area contributed by atoms with E-state index >= 15 is 0 Å². The molecule has 0 radical (unpaired) electrons. The molecule has 1 rings (SSSR count). The van der Waals surface area contributed by atoms with Gasteiger partial charge in [-0.3, -0.25) is 0 Å². The molecule has 1 N–H and O–H groups in total. The first-order valence-corrected chi connectivity index (χ1v) is 8.50. The average molecular weight is 275 g/mol. The van der Waals surface area contributed by atoms with Crippen molar-refractivity contribution in [1.82, 2.24) is 5.32 Å². The second kappa shape index (κ2) is 9.99. The lowest BCUT2D eigenvalue weighted by atomic mass is 9.85. The Morgan fingerprint density at radius 1 is 0.950 bits per heavy atom. The summed E-state index contributed by atoms with van der Waals surface area (Å²) >= 11 is 0. The molecule has 1 aromatic carbocycles. The van der Waals surface area contributed by atoms with Gasteiger partial charge in [0, 0.05) is 6.04 Å². The minimum atomic E-state index is 0.635. The molecule has 0 spiro atoms. The smallest absolute Gasteiger partial charge is 0.0136 e. The second-order valence-electron chi connectivity index (χ2n) is 6.03. The van der Waals surface area contributed by atoms with Gasteiger partial charge in [-0.05, 0) is 56.2 Å². The van der Waals surface area contributed by atoms with Gasteiger partial charge in [-0.2, -0.15) is 0 Å². The van der Waals surface area contributed by atoms with Crippen molar-refractivity contribution in [3.05, 3.63) is 35.4 Å². The van der Waals surface area contributed by atoms with Crippen molar-refractivity contribution in [2.75, 3.05) is 6.54 Å². The number of aryl methyl sites for hydroxylation is 1. The molecular weight excluding hydrogens is 242 g/mol. The Hall–Kier alpha value is -0.820. The summed E-state index contributed by atoms with van der Waals surface area (Å²) in [7, 11) is 0. The van der Waals surface area contributed by atoms with Crippen LogP contribution in [-0.2, 0) is 6.42 Å². The lowest BCUT2D eigenvalue weighted by Gasteiger charge is -2.28. The van der Waals surface area contributed by atoms with E-state index in [1.165, 1.54) is 49.7 Å². The molecule has 0 aliphatic heterocycles. The van der Waals surface area contributed by atoms with Gasteiger partial charge in [-0.15, -0.1) is 0 Å². The zero-order valence-corrected chi connectivity index (χ0v) is 13.9. The summed E-state index contributed by atoms with van der Waals surface area (Å²) in [6, 6.07) is 9.48. The number of hydrogen-bond acceptors (Lipinski definition) is 1. The molecule has 0 aliphatic rings. The van der Waals surface area contributed by atoms with Crippen LogP contribution < -0.4 is 5.32 Å². The van der Waals surface area contributed by atoms with Crippen molar-refractivity contribution in [1.29, 1.82) is 0 Å². The fourth-order valence-electron chi connectivity index (χ4n) is 3.10. The Kier molecular flexibility index (Phi) is 8.60. The van der Waals surface area contributed by atoms with Crippen molar-refractivity contribution < 1.29 is 0 Å². The van der Waals surface area contributed by atoms with Crippen LogP contribution in [-0.4, -0.2) is 12.6 Å². The molecule has 0 saturated carbocycles. The number of hydrogen-bond donors (Lipinski definition) is 1. The summed E-state index contributed by atoms with van der Waals surface area (Å²) < 4.78 is 0. The molecular formula is C19H33N. The fourth-order valence-corrected chi connectivity index (χ4v) is 3.10. The minimum Gasteiger partial charge on any atom is -0.313 e. The van der Waals surface area contributed by atoms with Crippen LogP contribution >= 0.6 is 0 Å². The standard InChI is InChI=1S/C19H33N/c1-5-10-17(11-6-2)19(20-14-7-3)15-18-13-9-8-12-16(18)4/h8-9,12-13,17,19-20H,5-7,10-11,14-15H2,1-4H3. The first-order valence-electron chi connectivity index (χ1n) is 8.50. The monoisotopic (exact) mass is 275 g/mol. The third kappa shape index (κ3) is 5.66. The fraction of sp³-hybridized carbons (Fsp3) is 0.684. The molecule has 0 fully saturated rings. The summed E-state index contributed by atoms with van der Waals surface area (Å²) in [6.45, 7) is 10.3. The molecule has 20 heavy (non-hydrogen) atoms. The van der Waals surface area contributed by atoms with Crippen LogP contribution in [0.25, 0.3) is 0 Å². The second-order valence-corrected chi connectivity index (χ2v) is 6.03. The predicted octanol–water partition coefficient (Wildman–Crippen LogP) is 5.12. The molecule has 114 valence electrons.